The second kappa shape index (κ2) is 3.48. The molecule has 0 saturated heterocycles. The summed E-state index contributed by atoms with van der Waals surface area (Å²) in [7, 11) is -3.57. The van der Waals surface area contributed by atoms with E-state index in [-0.39, 0.29) is 6.10 Å². The van der Waals surface area contributed by atoms with Crippen LogP contribution in [0.5, 0.6) is 0 Å². The van der Waals surface area contributed by atoms with Gasteiger partial charge in [0.1, 0.15) is 4.49 Å². The van der Waals surface area contributed by atoms with Gasteiger partial charge >= 0.3 is 7.60 Å². The first kappa shape index (κ1) is 11.5. The van der Waals surface area contributed by atoms with Gasteiger partial charge < -0.3 is 9.42 Å². The van der Waals surface area contributed by atoms with E-state index in [1.807, 2.05) is 0 Å². The highest BCUT2D eigenvalue weighted by Crippen LogP contribution is 2.57. The summed E-state index contributed by atoms with van der Waals surface area (Å²) in [6.45, 7) is 6.53. The van der Waals surface area contributed by atoms with Crippen LogP contribution in [0.3, 0.4) is 0 Å². The molecule has 1 unspecified atom stereocenters. The molecule has 0 spiro atoms. The summed E-state index contributed by atoms with van der Waals surface area (Å²) in [6.07, 6.45) is -0.253. The zero-order valence-electron chi connectivity index (χ0n) is 7.24. The Morgan fingerprint density at radius 1 is 1.55 bits per heavy atom. The highest BCUT2D eigenvalue weighted by molar-refractivity contribution is 7.91. The lowest BCUT2D eigenvalue weighted by Gasteiger charge is -2.25. The average Bonchev–Trinajstić information content (AvgIpc) is 1.56. The Morgan fingerprint density at radius 2 is 1.91 bits per heavy atom. The lowest BCUT2D eigenvalue weighted by molar-refractivity contribution is 0.198. The van der Waals surface area contributed by atoms with Crippen LogP contribution in [-0.4, -0.2) is 15.5 Å². The molecule has 0 radical (unpaired) electrons. The van der Waals surface area contributed by atoms with Crippen LogP contribution < -0.4 is 0 Å². The molecule has 0 fully saturated rings. The zero-order chi connectivity index (χ0) is 9.28. The van der Waals surface area contributed by atoms with Gasteiger partial charge in [-0.2, -0.15) is 12.6 Å². The molecule has 68 valence electrons. The van der Waals surface area contributed by atoms with Crippen LogP contribution in [0.4, 0.5) is 0 Å². The monoisotopic (exact) mass is 198 g/mol. The molecular formula is C6H15O3PS. The fourth-order valence-corrected chi connectivity index (χ4v) is 1.39. The third-order valence-electron chi connectivity index (χ3n) is 1.05. The maximum Gasteiger partial charge on any atom is 0.343 e. The number of hydrogen-bond acceptors (Lipinski definition) is 3. The van der Waals surface area contributed by atoms with Crippen molar-refractivity contribution < 1.29 is 14.0 Å². The van der Waals surface area contributed by atoms with E-state index in [1.54, 1.807) is 27.7 Å². The van der Waals surface area contributed by atoms with Gasteiger partial charge in [0.25, 0.3) is 0 Å². The summed E-state index contributed by atoms with van der Waals surface area (Å²) in [6, 6.07) is 0. The van der Waals surface area contributed by atoms with E-state index < -0.39 is 12.1 Å². The minimum Gasteiger partial charge on any atom is -0.323 e. The van der Waals surface area contributed by atoms with Crippen LogP contribution in [-0.2, 0) is 9.09 Å². The SMILES string of the molecule is CC(C)OP(=O)(O)C(C)(C)S. The second-order valence-electron chi connectivity index (χ2n) is 3.17. The van der Waals surface area contributed by atoms with Gasteiger partial charge in [-0.15, -0.1) is 0 Å². The van der Waals surface area contributed by atoms with E-state index in [1.165, 1.54) is 0 Å². The van der Waals surface area contributed by atoms with E-state index in [0.717, 1.165) is 0 Å². The van der Waals surface area contributed by atoms with Gasteiger partial charge in [0.2, 0.25) is 0 Å². The average molecular weight is 198 g/mol. The summed E-state index contributed by atoms with van der Waals surface area (Å²) in [4.78, 5) is 9.28. The molecule has 0 amide bonds. The molecule has 3 nitrogen and oxygen atoms in total. The second-order valence-corrected chi connectivity index (χ2v) is 7.01. The van der Waals surface area contributed by atoms with Gasteiger partial charge in [-0.1, -0.05) is 0 Å². The van der Waals surface area contributed by atoms with E-state index in [9.17, 15) is 9.46 Å². The van der Waals surface area contributed by atoms with Gasteiger partial charge in [0.05, 0.1) is 6.10 Å². The summed E-state index contributed by atoms with van der Waals surface area (Å²) >= 11 is 3.97. The molecule has 0 heterocycles. The largest absolute Gasteiger partial charge is 0.343 e. The number of thiol groups is 1. The Labute approximate surface area is 73.1 Å². The van der Waals surface area contributed by atoms with Crippen LogP contribution in [0.1, 0.15) is 27.7 Å². The topological polar surface area (TPSA) is 46.5 Å². The van der Waals surface area contributed by atoms with Crippen molar-refractivity contribution in [2.24, 2.45) is 0 Å². The first-order valence-electron chi connectivity index (χ1n) is 3.40. The molecule has 11 heavy (non-hydrogen) atoms. The van der Waals surface area contributed by atoms with Gasteiger partial charge in [-0.25, -0.2) is 0 Å². The zero-order valence-corrected chi connectivity index (χ0v) is 9.02. The molecule has 0 aliphatic rings. The first-order valence-corrected chi connectivity index (χ1v) is 5.43. The quantitative estimate of drug-likeness (QED) is 0.540. The van der Waals surface area contributed by atoms with Crippen molar-refractivity contribution >= 4 is 20.2 Å². The van der Waals surface area contributed by atoms with Crippen LogP contribution >= 0.6 is 20.2 Å². The Hall–Kier alpha value is 0.500. The van der Waals surface area contributed by atoms with Crippen molar-refractivity contribution in [2.45, 2.75) is 38.3 Å². The Kier molecular flexibility index (Phi) is 3.64. The molecule has 0 aromatic rings. The summed E-state index contributed by atoms with van der Waals surface area (Å²) in [5.74, 6) is 0. The Bertz CT molecular complexity index is 173. The van der Waals surface area contributed by atoms with Crippen LogP contribution in [0.2, 0.25) is 0 Å². The van der Waals surface area contributed by atoms with E-state index in [4.69, 9.17) is 4.52 Å². The number of hydrogen-bond donors (Lipinski definition) is 2. The molecule has 1 atom stereocenters. The molecule has 0 aliphatic carbocycles. The Morgan fingerprint density at radius 3 is 2.00 bits per heavy atom. The van der Waals surface area contributed by atoms with Crippen molar-refractivity contribution in [1.82, 2.24) is 0 Å². The van der Waals surface area contributed by atoms with Crippen molar-refractivity contribution in [3.8, 4) is 0 Å². The molecule has 1 N–H and O–H groups in total. The van der Waals surface area contributed by atoms with E-state index in [2.05, 4.69) is 12.6 Å². The van der Waals surface area contributed by atoms with Gasteiger partial charge in [0, 0.05) is 0 Å². The predicted molar refractivity (Wildman–Crippen MR) is 49.1 cm³/mol. The molecule has 5 heteroatoms. The summed E-state index contributed by atoms with van der Waals surface area (Å²) in [5.41, 5.74) is 0. The lowest BCUT2D eigenvalue weighted by atomic mass is 10.5. The number of rotatable bonds is 3. The smallest absolute Gasteiger partial charge is 0.323 e. The van der Waals surface area contributed by atoms with Gasteiger partial charge in [-0.05, 0) is 27.7 Å². The maximum absolute atomic E-state index is 11.3. The Balaban J connectivity index is 4.36. The van der Waals surface area contributed by atoms with Crippen molar-refractivity contribution in [1.29, 1.82) is 0 Å². The minimum atomic E-state index is -3.57. The lowest BCUT2D eigenvalue weighted by Crippen LogP contribution is -2.16. The molecule has 0 aromatic carbocycles. The van der Waals surface area contributed by atoms with E-state index >= 15 is 0 Å². The third-order valence-corrected chi connectivity index (χ3v) is 3.89. The molecule has 0 aliphatic heterocycles. The molecule has 0 aromatic heterocycles. The normalized spacial score (nSPS) is 18.5. The predicted octanol–water partition coefficient (Wildman–Crippen LogP) is 2.26. The molecule has 0 bridgehead atoms. The fourth-order valence-electron chi connectivity index (χ4n) is 0.415. The molecular weight excluding hydrogens is 183 g/mol. The van der Waals surface area contributed by atoms with Crippen molar-refractivity contribution in [3.05, 3.63) is 0 Å². The molecule has 0 saturated carbocycles. The van der Waals surface area contributed by atoms with Crippen LogP contribution in [0, 0.1) is 0 Å². The highest BCUT2D eigenvalue weighted by atomic mass is 32.1. The fraction of sp³-hybridized carbons (Fsp3) is 1.00. The van der Waals surface area contributed by atoms with Gasteiger partial charge in [0.15, 0.2) is 0 Å². The van der Waals surface area contributed by atoms with Crippen LogP contribution in [0.25, 0.3) is 0 Å². The van der Waals surface area contributed by atoms with E-state index in [0.29, 0.717) is 0 Å². The summed E-state index contributed by atoms with van der Waals surface area (Å²) < 4.78 is 15.2. The minimum absolute atomic E-state index is 0.253. The standard InChI is InChI=1S/C6H15O3PS/c1-5(2)9-10(7,8)6(3,4)11/h5,11H,1-4H3,(H,7,8). The molecule has 0 rings (SSSR count). The van der Waals surface area contributed by atoms with Crippen molar-refractivity contribution in [2.75, 3.05) is 0 Å². The third kappa shape index (κ3) is 3.61. The maximum atomic E-state index is 11.3. The van der Waals surface area contributed by atoms with Crippen LogP contribution in [0.15, 0.2) is 0 Å². The first-order chi connectivity index (χ1) is 4.67. The summed E-state index contributed by atoms with van der Waals surface area (Å²) in [5, 5.41) is 0. The van der Waals surface area contributed by atoms with Crippen molar-refractivity contribution in [3.63, 3.8) is 0 Å². The van der Waals surface area contributed by atoms with Gasteiger partial charge in [-0.3, -0.25) is 4.57 Å². The highest BCUT2D eigenvalue weighted by Gasteiger charge is 2.37.